The van der Waals surface area contributed by atoms with E-state index in [1.165, 1.54) is 0 Å². The van der Waals surface area contributed by atoms with Crippen molar-refractivity contribution in [1.29, 1.82) is 0 Å². The third-order valence-electron chi connectivity index (χ3n) is 7.62. The summed E-state index contributed by atoms with van der Waals surface area (Å²) in [7, 11) is 3.18. The number of ether oxygens (including phenoxy) is 3. The van der Waals surface area contributed by atoms with Crippen LogP contribution < -0.4 is 14.8 Å². The average Bonchev–Trinajstić information content (AvgIpc) is 2.96. The quantitative estimate of drug-likeness (QED) is 0.362. The van der Waals surface area contributed by atoms with Crippen molar-refractivity contribution in [2.75, 3.05) is 20.8 Å². The van der Waals surface area contributed by atoms with Crippen LogP contribution in [0, 0.1) is 0 Å². The number of aromatic hydroxyl groups is 1. The van der Waals surface area contributed by atoms with E-state index in [2.05, 4.69) is 5.32 Å². The number of dihydropyridines is 1. The molecule has 0 unspecified atom stereocenters. The summed E-state index contributed by atoms with van der Waals surface area (Å²) in [5.41, 5.74) is 5.24. The molecule has 2 N–H and O–H groups in total. The van der Waals surface area contributed by atoms with Crippen molar-refractivity contribution in [3.05, 3.63) is 112 Å². The monoisotopic (exact) mass is 539 g/mol. The van der Waals surface area contributed by atoms with E-state index >= 15 is 0 Å². The SMILES string of the molecule is COc1ccc([C@@H]2CC(=O)C3=C(C2)NC(C)=C(C(=O)OCCc2ccccc2)[C@H]3c2ccc(O)cc2)cc1OC. The zero-order valence-electron chi connectivity index (χ0n) is 22.9. The first-order chi connectivity index (χ1) is 19.4. The molecule has 0 saturated carbocycles. The Labute approximate surface area is 234 Å². The van der Waals surface area contributed by atoms with Crippen LogP contribution in [-0.2, 0) is 20.7 Å². The van der Waals surface area contributed by atoms with Gasteiger partial charge in [-0.3, -0.25) is 4.79 Å². The van der Waals surface area contributed by atoms with Gasteiger partial charge in [0.1, 0.15) is 5.75 Å². The number of hydrogen-bond acceptors (Lipinski definition) is 7. The first-order valence-corrected chi connectivity index (χ1v) is 13.4. The van der Waals surface area contributed by atoms with Crippen molar-refractivity contribution in [3.63, 3.8) is 0 Å². The van der Waals surface area contributed by atoms with Crippen LogP contribution in [0.3, 0.4) is 0 Å². The molecule has 1 aliphatic heterocycles. The van der Waals surface area contributed by atoms with Gasteiger partial charge in [-0.25, -0.2) is 4.79 Å². The van der Waals surface area contributed by atoms with Gasteiger partial charge in [0.05, 0.1) is 26.4 Å². The summed E-state index contributed by atoms with van der Waals surface area (Å²) in [5.74, 6) is 0.205. The second-order valence-corrected chi connectivity index (χ2v) is 10.1. The number of hydrogen-bond donors (Lipinski definition) is 2. The molecule has 3 aromatic carbocycles. The number of nitrogens with one attached hydrogen (secondary N) is 1. The summed E-state index contributed by atoms with van der Waals surface area (Å²) in [6.07, 6.45) is 1.48. The number of rotatable bonds is 8. The normalized spacial score (nSPS) is 18.6. The minimum atomic E-state index is -0.597. The van der Waals surface area contributed by atoms with Crippen LogP contribution in [0.2, 0.25) is 0 Å². The molecule has 0 saturated heterocycles. The number of carbonyl (C=O) groups excluding carboxylic acids is 2. The maximum atomic E-state index is 13.8. The molecule has 1 aliphatic carbocycles. The molecule has 2 aliphatic rings. The summed E-state index contributed by atoms with van der Waals surface area (Å²) in [6, 6.07) is 22.2. The second-order valence-electron chi connectivity index (χ2n) is 10.1. The summed E-state index contributed by atoms with van der Waals surface area (Å²) in [4.78, 5) is 27.4. The predicted octanol–water partition coefficient (Wildman–Crippen LogP) is 5.56. The fourth-order valence-electron chi connectivity index (χ4n) is 5.64. The molecule has 3 aromatic rings. The molecule has 0 spiro atoms. The lowest BCUT2D eigenvalue weighted by molar-refractivity contribution is -0.139. The minimum absolute atomic E-state index is 0.0336. The Balaban J connectivity index is 1.46. The van der Waals surface area contributed by atoms with Crippen molar-refractivity contribution in [3.8, 4) is 17.2 Å². The smallest absolute Gasteiger partial charge is 0.336 e. The number of allylic oxidation sites excluding steroid dienone is 3. The minimum Gasteiger partial charge on any atom is -0.508 e. The molecule has 0 aromatic heterocycles. The standard InChI is InChI=1S/C33H33NO6/c1-20-30(33(37)40-16-15-21-7-5-4-6-8-21)31(22-9-12-25(35)13-10-22)32-26(34-20)17-24(18-27(32)36)23-11-14-28(38-2)29(19-23)39-3/h4-14,19,24,31,34-35H,15-18H2,1-3H3/t24-,31+/m0/s1. The van der Waals surface area contributed by atoms with Gasteiger partial charge in [-0.15, -0.1) is 0 Å². The number of benzene rings is 3. The summed E-state index contributed by atoms with van der Waals surface area (Å²) in [5, 5.41) is 13.3. The highest BCUT2D eigenvalue weighted by molar-refractivity contribution is 6.04. The van der Waals surface area contributed by atoms with E-state index in [4.69, 9.17) is 14.2 Å². The number of esters is 1. The van der Waals surface area contributed by atoms with Crippen LogP contribution in [0.25, 0.3) is 0 Å². The molecule has 5 rings (SSSR count). The fourth-order valence-corrected chi connectivity index (χ4v) is 5.64. The molecule has 2 atom stereocenters. The highest BCUT2D eigenvalue weighted by Gasteiger charge is 2.41. The highest BCUT2D eigenvalue weighted by atomic mass is 16.5. The van der Waals surface area contributed by atoms with Crippen LogP contribution in [-0.4, -0.2) is 37.7 Å². The maximum absolute atomic E-state index is 13.8. The molecule has 0 bridgehead atoms. The number of Topliss-reactive ketones (excluding diaryl/α,β-unsaturated/α-hetero) is 1. The Bertz CT molecular complexity index is 1470. The first kappa shape index (κ1) is 27.1. The van der Waals surface area contributed by atoms with Crippen LogP contribution in [0.1, 0.15) is 48.3 Å². The van der Waals surface area contributed by atoms with Crippen molar-refractivity contribution >= 4 is 11.8 Å². The van der Waals surface area contributed by atoms with Gasteiger partial charge in [0, 0.05) is 35.7 Å². The van der Waals surface area contributed by atoms with Gasteiger partial charge in [0.2, 0.25) is 0 Å². The van der Waals surface area contributed by atoms with Gasteiger partial charge in [0.15, 0.2) is 17.3 Å². The molecule has 40 heavy (non-hydrogen) atoms. The lowest BCUT2D eigenvalue weighted by Crippen LogP contribution is -2.36. The Morgan fingerprint density at radius 1 is 0.925 bits per heavy atom. The number of phenols is 1. The van der Waals surface area contributed by atoms with Crippen LogP contribution >= 0.6 is 0 Å². The van der Waals surface area contributed by atoms with Gasteiger partial charge in [-0.05, 0) is 60.2 Å². The van der Waals surface area contributed by atoms with E-state index in [0.717, 1.165) is 22.4 Å². The molecule has 0 fully saturated rings. The number of carbonyl (C=O) groups is 2. The summed E-state index contributed by atoms with van der Waals surface area (Å²) >= 11 is 0. The fraction of sp³-hybridized carbons (Fsp3) is 0.273. The molecular formula is C33H33NO6. The Morgan fingerprint density at radius 3 is 2.33 bits per heavy atom. The zero-order chi connectivity index (χ0) is 28.2. The Kier molecular flexibility index (Phi) is 7.91. The third-order valence-corrected chi connectivity index (χ3v) is 7.62. The molecule has 7 heteroatoms. The van der Waals surface area contributed by atoms with E-state index in [1.54, 1.807) is 38.5 Å². The van der Waals surface area contributed by atoms with Crippen LogP contribution in [0.4, 0.5) is 0 Å². The molecular weight excluding hydrogens is 506 g/mol. The lowest BCUT2D eigenvalue weighted by atomic mass is 9.71. The Hall–Kier alpha value is -4.52. The number of ketones is 1. The second kappa shape index (κ2) is 11.7. The average molecular weight is 540 g/mol. The first-order valence-electron chi connectivity index (χ1n) is 13.4. The van der Waals surface area contributed by atoms with Crippen molar-refractivity contribution in [1.82, 2.24) is 5.32 Å². The van der Waals surface area contributed by atoms with Crippen molar-refractivity contribution < 1.29 is 28.9 Å². The van der Waals surface area contributed by atoms with Crippen LogP contribution in [0.15, 0.2) is 95.3 Å². The van der Waals surface area contributed by atoms with Gasteiger partial charge < -0.3 is 24.6 Å². The number of phenolic OH excluding ortho intramolecular Hbond substituents is 1. The predicted molar refractivity (Wildman–Crippen MR) is 151 cm³/mol. The lowest BCUT2D eigenvalue weighted by Gasteiger charge is -2.36. The highest BCUT2D eigenvalue weighted by Crippen LogP contribution is 2.46. The van der Waals surface area contributed by atoms with Crippen molar-refractivity contribution in [2.45, 2.75) is 38.0 Å². The van der Waals surface area contributed by atoms with Crippen LogP contribution in [0.5, 0.6) is 17.2 Å². The summed E-state index contributed by atoms with van der Waals surface area (Å²) < 4.78 is 16.6. The van der Waals surface area contributed by atoms with E-state index in [1.807, 2.05) is 55.5 Å². The molecule has 0 amide bonds. The van der Waals surface area contributed by atoms with Gasteiger partial charge in [-0.1, -0.05) is 48.5 Å². The van der Waals surface area contributed by atoms with Gasteiger partial charge in [0.25, 0.3) is 0 Å². The van der Waals surface area contributed by atoms with E-state index in [0.29, 0.717) is 47.6 Å². The summed E-state index contributed by atoms with van der Waals surface area (Å²) in [6.45, 7) is 2.07. The Morgan fingerprint density at radius 2 is 1.62 bits per heavy atom. The zero-order valence-corrected chi connectivity index (χ0v) is 22.9. The van der Waals surface area contributed by atoms with E-state index in [9.17, 15) is 14.7 Å². The molecule has 206 valence electrons. The van der Waals surface area contributed by atoms with Crippen molar-refractivity contribution in [2.24, 2.45) is 0 Å². The van der Waals surface area contributed by atoms with E-state index < -0.39 is 11.9 Å². The number of methoxy groups -OCH3 is 2. The third kappa shape index (κ3) is 5.45. The molecule has 0 radical (unpaired) electrons. The molecule has 7 nitrogen and oxygen atoms in total. The largest absolute Gasteiger partial charge is 0.508 e. The topological polar surface area (TPSA) is 94.1 Å². The maximum Gasteiger partial charge on any atom is 0.336 e. The van der Waals surface area contributed by atoms with Gasteiger partial charge >= 0.3 is 5.97 Å². The van der Waals surface area contributed by atoms with E-state index in [-0.39, 0.29) is 24.1 Å². The molecule has 1 heterocycles. The van der Waals surface area contributed by atoms with Gasteiger partial charge in [-0.2, -0.15) is 0 Å².